The first kappa shape index (κ1) is 17.1. The Morgan fingerprint density at radius 1 is 1.25 bits per heavy atom. The van der Waals surface area contributed by atoms with Crippen molar-refractivity contribution in [3.8, 4) is 0 Å². The number of fused-ring (bicyclic) bond motifs is 1. The maximum absolute atomic E-state index is 12.2. The predicted molar refractivity (Wildman–Crippen MR) is 97.5 cm³/mol. The number of carbonyl (C=O) groups excluding carboxylic acids is 1. The van der Waals surface area contributed by atoms with Crippen LogP contribution in [0.1, 0.15) is 51.2 Å². The van der Waals surface area contributed by atoms with Gasteiger partial charge in [-0.3, -0.25) is 0 Å². The molecule has 1 aliphatic carbocycles. The van der Waals surface area contributed by atoms with E-state index in [1.165, 1.54) is 36.1 Å². The van der Waals surface area contributed by atoms with Crippen molar-refractivity contribution in [1.29, 1.82) is 0 Å². The number of aryl methyl sites for hydroxylation is 2. The Kier molecular flexibility index (Phi) is 5.02. The lowest BCUT2D eigenvalue weighted by molar-refractivity contribution is 0.0172. The van der Waals surface area contributed by atoms with E-state index >= 15 is 0 Å². The normalized spacial score (nSPS) is 20.6. The van der Waals surface area contributed by atoms with E-state index in [-0.39, 0.29) is 6.09 Å². The van der Waals surface area contributed by atoms with Gasteiger partial charge in [0.15, 0.2) is 0 Å². The highest BCUT2D eigenvalue weighted by atomic mass is 16.6. The number of carbonyl (C=O) groups is 1. The first-order valence-corrected chi connectivity index (χ1v) is 9.24. The van der Waals surface area contributed by atoms with Gasteiger partial charge in [0.05, 0.1) is 0 Å². The van der Waals surface area contributed by atoms with Gasteiger partial charge < -0.3 is 15.0 Å². The summed E-state index contributed by atoms with van der Waals surface area (Å²) in [6.07, 6.45) is 5.76. The summed E-state index contributed by atoms with van der Waals surface area (Å²) in [7, 11) is 0. The van der Waals surface area contributed by atoms with Gasteiger partial charge in [-0.25, -0.2) is 4.79 Å². The van der Waals surface area contributed by atoms with Crippen LogP contribution in [-0.2, 0) is 17.6 Å². The van der Waals surface area contributed by atoms with Gasteiger partial charge in [-0.05, 0) is 82.1 Å². The predicted octanol–water partition coefficient (Wildman–Crippen LogP) is 4.23. The van der Waals surface area contributed by atoms with E-state index in [1.807, 2.05) is 25.7 Å². The second-order valence-corrected chi connectivity index (χ2v) is 8.15. The van der Waals surface area contributed by atoms with E-state index in [0.717, 1.165) is 32.5 Å². The average molecular weight is 330 g/mol. The number of anilines is 1. The van der Waals surface area contributed by atoms with Gasteiger partial charge in [0.1, 0.15) is 5.60 Å². The summed E-state index contributed by atoms with van der Waals surface area (Å²) in [6, 6.07) is 6.76. The lowest BCUT2D eigenvalue weighted by atomic mass is 9.98. The maximum Gasteiger partial charge on any atom is 0.410 e. The zero-order valence-electron chi connectivity index (χ0n) is 15.2. The Bertz CT molecular complexity index is 592. The number of piperidine rings is 1. The molecule has 132 valence electrons. The summed E-state index contributed by atoms with van der Waals surface area (Å²) in [6.45, 7) is 8.26. The van der Waals surface area contributed by atoms with Gasteiger partial charge in [0.2, 0.25) is 0 Å². The summed E-state index contributed by atoms with van der Waals surface area (Å²) in [5, 5.41) is 3.57. The zero-order chi connectivity index (χ0) is 17.2. The lowest BCUT2D eigenvalue weighted by Gasteiger charge is -2.34. The Labute approximate surface area is 145 Å². The van der Waals surface area contributed by atoms with Crippen molar-refractivity contribution in [3.05, 3.63) is 29.3 Å². The summed E-state index contributed by atoms with van der Waals surface area (Å²) in [5.41, 5.74) is 3.80. The highest BCUT2D eigenvalue weighted by molar-refractivity contribution is 5.68. The van der Waals surface area contributed by atoms with Gasteiger partial charge in [-0.2, -0.15) is 0 Å². The molecule has 1 heterocycles. The SMILES string of the molecule is CC(C)(C)OC(=O)N1CCCC(CNc2ccc3c(c2)CCC3)C1. The number of nitrogens with one attached hydrogen (secondary N) is 1. The number of nitrogens with zero attached hydrogens (tertiary/aromatic N) is 1. The number of amides is 1. The van der Waals surface area contributed by atoms with Crippen molar-refractivity contribution in [2.24, 2.45) is 5.92 Å². The molecule has 1 N–H and O–H groups in total. The molecule has 4 heteroatoms. The van der Waals surface area contributed by atoms with Crippen LogP contribution < -0.4 is 5.32 Å². The number of benzene rings is 1. The van der Waals surface area contributed by atoms with Crippen LogP contribution in [0, 0.1) is 5.92 Å². The van der Waals surface area contributed by atoms with E-state index in [0.29, 0.717) is 5.92 Å². The number of ether oxygens (including phenoxy) is 1. The third-order valence-corrected chi connectivity index (χ3v) is 4.86. The molecule has 0 saturated carbocycles. The van der Waals surface area contributed by atoms with Crippen molar-refractivity contribution in [2.45, 2.75) is 58.5 Å². The fourth-order valence-electron chi connectivity index (χ4n) is 3.67. The molecule has 24 heavy (non-hydrogen) atoms. The molecule has 0 bridgehead atoms. The highest BCUT2D eigenvalue weighted by Crippen LogP contribution is 2.26. The minimum Gasteiger partial charge on any atom is -0.444 e. The quantitative estimate of drug-likeness (QED) is 0.901. The van der Waals surface area contributed by atoms with Crippen LogP contribution in [0.5, 0.6) is 0 Å². The minimum absolute atomic E-state index is 0.176. The molecule has 1 fully saturated rings. The monoisotopic (exact) mass is 330 g/mol. The molecule has 1 aromatic carbocycles. The minimum atomic E-state index is -0.424. The molecule has 1 atom stereocenters. The number of likely N-dealkylation sites (tertiary alicyclic amines) is 1. The molecular weight excluding hydrogens is 300 g/mol. The molecule has 0 spiro atoms. The van der Waals surface area contributed by atoms with Crippen LogP contribution in [0.3, 0.4) is 0 Å². The van der Waals surface area contributed by atoms with Gasteiger partial charge in [0.25, 0.3) is 0 Å². The van der Waals surface area contributed by atoms with E-state index in [1.54, 1.807) is 0 Å². The van der Waals surface area contributed by atoms with Gasteiger partial charge in [-0.1, -0.05) is 6.07 Å². The second-order valence-electron chi connectivity index (χ2n) is 8.15. The van der Waals surface area contributed by atoms with E-state index in [9.17, 15) is 4.79 Å². The van der Waals surface area contributed by atoms with Crippen LogP contribution in [0.2, 0.25) is 0 Å². The molecule has 1 saturated heterocycles. The maximum atomic E-state index is 12.2. The summed E-state index contributed by atoms with van der Waals surface area (Å²) >= 11 is 0. The fraction of sp³-hybridized carbons (Fsp3) is 0.650. The molecule has 3 rings (SSSR count). The molecule has 2 aliphatic rings. The summed E-state index contributed by atoms with van der Waals surface area (Å²) < 4.78 is 5.51. The molecule has 1 amide bonds. The van der Waals surface area contributed by atoms with Crippen molar-refractivity contribution >= 4 is 11.8 Å². The largest absolute Gasteiger partial charge is 0.444 e. The van der Waals surface area contributed by atoms with Crippen LogP contribution in [0.15, 0.2) is 18.2 Å². The molecule has 1 unspecified atom stereocenters. The molecule has 1 aliphatic heterocycles. The van der Waals surface area contributed by atoms with Gasteiger partial charge >= 0.3 is 6.09 Å². The first-order chi connectivity index (χ1) is 11.4. The Morgan fingerprint density at radius 2 is 2.04 bits per heavy atom. The van der Waals surface area contributed by atoms with Gasteiger partial charge in [-0.15, -0.1) is 0 Å². The topological polar surface area (TPSA) is 41.6 Å². The van der Waals surface area contributed by atoms with Crippen molar-refractivity contribution in [1.82, 2.24) is 4.90 Å². The molecule has 0 radical (unpaired) electrons. The lowest BCUT2D eigenvalue weighted by Crippen LogP contribution is -2.44. The molecule has 1 aromatic rings. The summed E-state index contributed by atoms with van der Waals surface area (Å²) in [4.78, 5) is 14.1. The molecule has 0 aromatic heterocycles. The standard InChI is InChI=1S/C20H30N2O2/c1-20(2,3)24-19(23)22-11-5-6-15(14-22)13-21-18-10-9-16-7-4-8-17(16)12-18/h9-10,12,15,21H,4-8,11,13-14H2,1-3H3. The van der Waals surface area contributed by atoms with Crippen LogP contribution in [-0.4, -0.2) is 36.2 Å². The van der Waals surface area contributed by atoms with Crippen LogP contribution in [0.25, 0.3) is 0 Å². The molecular formula is C20H30N2O2. The number of rotatable bonds is 3. The third kappa shape index (κ3) is 4.43. The number of hydrogen-bond donors (Lipinski definition) is 1. The number of hydrogen-bond acceptors (Lipinski definition) is 3. The first-order valence-electron chi connectivity index (χ1n) is 9.24. The zero-order valence-corrected chi connectivity index (χ0v) is 15.2. The Hall–Kier alpha value is -1.71. The van der Waals surface area contributed by atoms with Crippen molar-refractivity contribution in [3.63, 3.8) is 0 Å². The fourth-order valence-corrected chi connectivity index (χ4v) is 3.67. The Morgan fingerprint density at radius 3 is 2.83 bits per heavy atom. The van der Waals surface area contributed by atoms with Crippen LogP contribution in [0.4, 0.5) is 10.5 Å². The van der Waals surface area contributed by atoms with E-state index < -0.39 is 5.60 Å². The van der Waals surface area contributed by atoms with E-state index in [4.69, 9.17) is 4.74 Å². The second kappa shape index (κ2) is 7.04. The van der Waals surface area contributed by atoms with Crippen molar-refractivity contribution in [2.75, 3.05) is 25.0 Å². The Balaban J connectivity index is 1.51. The average Bonchev–Trinajstić information content (AvgIpc) is 2.99. The summed E-state index contributed by atoms with van der Waals surface area (Å²) in [5.74, 6) is 0.486. The highest BCUT2D eigenvalue weighted by Gasteiger charge is 2.27. The van der Waals surface area contributed by atoms with Gasteiger partial charge in [0, 0.05) is 25.3 Å². The third-order valence-electron chi connectivity index (χ3n) is 4.86. The van der Waals surface area contributed by atoms with Crippen LogP contribution >= 0.6 is 0 Å². The van der Waals surface area contributed by atoms with E-state index in [2.05, 4.69) is 23.5 Å². The smallest absolute Gasteiger partial charge is 0.410 e. The van der Waals surface area contributed by atoms with Crippen molar-refractivity contribution < 1.29 is 9.53 Å². The molecule has 4 nitrogen and oxygen atoms in total.